The van der Waals surface area contributed by atoms with Crippen LogP contribution >= 0.6 is 0 Å². The number of rotatable bonds is 3. The summed E-state index contributed by atoms with van der Waals surface area (Å²) in [6.07, 6.45) is 5.50. The summed E-state index contributed by atoms with van der Waals surface area (Å²) in [5, 5.41) is 8.57. The van der Waals surface area contributed by atoms with E-state index in [0.717, 1.165) is 41.9 Å². The average molecular weight is 310 g/mol. The zero-order chi connectivity index (χ0) is 16.0. The number of hydrogen-bond donors (Lipinski definition) is 0. The molecule has 120 valence electrons. The largest absolute Gasteiger partial charge is 0.336 e. The molecule has 2 heterocycles. The molecule has 0 N–H and O–H groups in total. The van der Waals surface area contributed by atoms with Gasteiger partial charge in [-0.2, -0.15) is 0 Å². The molecular formula is C18H22N4O. The predicted molar refractivity (Wildman–Crippen MR) is 87.5 cm³/mol. The Balaban J connectivity index is 1.47. The first kappa shape index (κ1) is 14.4. The van der Waals surface area contributed by atoms with E-state index in [1.54, 1.807) is 0 Å². The monoisotopic (exact) mass is 310 g/mol. The van der Waals surface area contributed by atoms with Crippen molar-refractivity contribution in [3.05, 3.63) is 46.8 Å². The first-order chi connectivity index (χ1) is 11.1. The van der Waals surface area contributed by atoms with Crippen LogP contribution in [0.1, 0.15) is 58.4 Å². The van der Waals surface area contributed by atoms with Gasteiger partial charge in [0, 0.05) is 30.8 Å². The summed E-state index contributed by atoms with van der Waals surface area (Å²) in [6, 6.07) is 6.30. The highest BCUT2D eigenvalue weighted by molar-refractivity contribution is 5.94. The maximum Gasteiger partial charge on any atom is 0.253 e. The Morgan fingerprint density at radius 3 is 2.57 bits per heavy atom. The summed E-state index contributed by atoms with van der Waals surface area (Å²) in [7, 11) is 0. The minimum atomic E-state index is 0.127. The van der Waals surface area contributed by atoms with Crippen molar-refractivity contribution in [3.8, 4) is 0 Å². The summed E-state index contributed by atoms with van der Waals surface area (Å²) < 4.78 is 1.96. The van der Waals surface area contributed by atoms with Crippen molar-refractivity contribution in [2.24, 2.45) is 0 Å². The lowest BCUT2D eigenvalue weighted by Gasteiger charge is -2.17. The van der Waals surface area contributed by atoms with E-state index >= 15 is 0 Å². The van der Waals surface area contributed by atoms with Gasteiger partial charge in [0.2, 0.25) is 0 Å². The molecule has 1 aromatic carbocycles. The van der Waals surface area contributed by atoms with Gasteiger partial charge < -0.3 is 4.90 Å². The van der Waals surface area contributed by atoms with Crippen LogP contribution in [0.3, 0.4) is 0 Å². The number of amides is 1. The van der Waals surface area contributed by atoms with Crippen molar-refractivity contribution in [2.45, 2.75) is 45.1 Å². The van der Waals surface area contributed by atoms with Crippen LogP contribution in [0.4, 0.5) is 0 Å². The number of likely N-dealkylation sites (tertiary alicyclic amines) is 1. The van der Waals surface area contributed by atoms with Gasteiger partial charge in [0.1, 0.15) is 0 Å². The van der Waals surface area contributed by atoms with E-state index in [1.165, 1.54) is 12.8 Å². The maximum absolute atomic E-state index is 12.7. The fourth-order valence-electron chi connectivity index (χ4n) is 3.46. The van der Waals surface area contributed by atoms with E-state index in [-0.39, 0.29) is 11.9 Å². The summed E-state index contributed by atoms with van der Waals surface area (Å²) in [5.74, 6) is 0.750. The number of carbonyl (C=O) groups is 1. The standard InChI is InChI=1S/C18H22N4O/c1-12-7-13(2)9-15(8-12)18(23)21-6-5-16(10-21)22-11-17(19-20-22)14-3-4-14/h7-9,11,14,16H,3-6,10H2,1-2H3. The predicted octanol–water partition coefficient (Wildman–Crippen LogP) is 2.86. The van der Waals surface area contributed by atoms with Crippen molar-refractivity contribution in [3.63, 3.8) is 0 Å². The van der Waals surface area contributed by atoms with Crippen LogP contribution in [0.25, 0.3) is 0 Å². The minimum Gasteiger partial charge on any atom is -0.336 e. The molecule has 5 heteroatoms. The Kier molecular flexibility index (Phi) is 3.43. The van der Waals surface area contributed by atoms with Gasteiger partial charge in [0.15, 0.2) is 0 Å². The smallest absolute Gasteiger partial charge is 0.253 e. The Morgan fingerprint density at radius 1 is 1.13 bits per heavy atom. The van der Waals surface area contributed by atoms with Gasteiger partial charge in [-0.05, 0) is 45.2 Å². The third-order valence-corrected chi connectivity index (χ3v) is 4.82. The molecule has 1 aliphatic heterocycles. The summed E-state index contributed by atoms with van der Waals surface area (Å²) in [4.78, 5) is 14.7. The molecule has 1 amide bonds. The van der Waals surface area contributed by atoms with E-state index in [4.69, 9.17) is 0 Å². The van der Waals surface area contributed by atoms with Gasteiger partial charge in [0.05, 0.1) is 11.7 Å². The highest BCUT2D eigenvalue weighted by atomic mass is 16.2. The molecule has 0 radical (unpaired) electrons. The van der Waals surface area contributed by atoms with Crippen molar-refractivity contribution in [2.75, 3.05) is 13.1 Å². The maximum atomic E-state index is 12.7. The second-order valence-corrected chi connectivity index (χ2v) is 6.97. The number of nitrogens with zero attached hydrogens (tertiary/aromatic N) is 4. The van der Waals surface area contributed by atoms with Crippen LogP contribution in [0.5, 0.6) is 0 Å². The van der Waals surface area contributed by atoms with E-state index in [0.29, 0.717) is 5.92 Å². The zero-order valence-electron chi connectivity index (χ0n) is 13.7. The van der Waals surface area contributed by atoms with Crippen LogP contribution in [0.2, 0.25) is 0 Å². The molecule has 0 spiro atoms. The highest BCUT2D eigenvalue weighted by Crippen LogP contribution is 2.39. The molecule has 1 unspecified atom stereocenters. The lowest BCUT2D eigenvalue weighted by atomic mass is 10.1. The van der Waals surface area contributed by atoms with Gasteiger partial charge in [-0.1, -0.05) is 22.4 Å². The van der Waals surface area contributed by atoms with Crippen molar-refractivity contribution in [1.29, 1.82) is 0 Å². The van der Waals surface area contributed by atoms with Gasteiger partial charge in [-0.25, -0.2) is 4.68 Å². The molecule has 1 saturated heterocycles. The van der Waals surface area contributed by atoms with Gasteiger partial charge >= 0.3 is 0 Å². The fourth-order valence-corrected chi connectivity index (χ4v) is 3.46. The highest BCUT2D eigenvalue weighted by Gasteiger charge is 2.31. The molecule has 1 saturated carbocycles. The van der Waals surface area contributed by atoms with E-state index < -0.39 is 0 Å². The summed E-state index contributed by atoms with van der Waals surface area (Å²) in [6.45, 7) is 5.57. The van der Waals surface area contributed by atoms with Gasteiger partial charge in [0.25, 0.3) is 5.91 Å². The first-order valence-corrected chi connectivity index (χ1v) is 8.39. The fraction of sp³-hybridized carbons (Fsp3) is 0.500. The molecule has 1 aromatic heterocycles. The molecular weight excluding hydrogens is 288 g/mol. The first-order valence-electron chi connectivity index (χ1n) is 8.39. The van der Waals surface area contributed by atoms with E-state index in [1.807, 2.05) is 35.6 Å². The summed E-state index contributed by atoms with van der Waals surface area (Å²) in [5.41, 5.74) is 4.17. The van der Waals surface area contributed by atoms with Crippen LogP contribution in [0, 0.1) is 13.8 Å². The lowest BCUT2D eigenvalue weighted by Crippen LogP contribution is -2.29. The second-order valence-electron chi connectivity index (χ2n) is 6.97. The van der Waals surface area contributed by atoms with Crippen LogP contribution in [-0.2, 0) is 0 Å². The second kappa shape index (κ2) is 5.48. The summed E-state index contributed by atoms with van der Waals surface area (Å²) >= 11 is 0. The third kappa shape index (κ3) is 2.87. The van der Waals surface area contributed by atoms with Gasteiger partial charge in [-0.3, -0.25) is 4.79 Å². The Hall–Kier alpha value is -2.17. The third-order valence-electron chi connectivity index (χ3n) is 4.82. The number of carbonyl (C=O) groups excluding carboxylic acids is 1. The van der Waals surface area contributed by atoms with E-state index in [2.05, 4.69) is 22.6 Å². The number of aromatic nitrogens is 3. The molecule has 2 aliphatic rings. The minimum absolute atomic E-state index is 0.127. The Labute approximate surface area is 136 Å². The zero-order valence-corrected chi connectivity index (χ0v) is 13.7. The van der Waals surface area contributed by atoms with Crippen molar-refractivity contribution < 1.29 is 4.79 Å². The van der Waals surface area contributed by atoms with Crippen molar-refractivity contribution >= 4 is 5.91 Å². The average Bonchev–Trinajstić information content (AvgIpc) is 3.06. The molecule has 2 fully saturated rings. The van der Waals surface area contributed by atoms with E-state index in [9.17, 15) is 4.79 Å². The molecule has 5 nitrogen and oxygen atoms in total. The SMILES string of the molecule is Cc1cc(C)cc(C(=O)N2CCC(n3cc(C4CC4)nn3)C2)c1. The lowest BCUT2D eigenvalue weighted by molar-refractivity contribution is 0.0786. The number of aryl methyl sites for hydroxylation is 2. The van der Waals surface area contributed by atoms with Crippen LogP contribution < -0.4 is 0 Å². The molecule has 0 bridgehead atoms. The quantitative estimate of drug-likeness (QED) is 0.876. The van der Waals surface area contributed by atoms with Crippen LogP contribution in [-0.4, -0.2) is 38.9 Å². The normalized spacial score (nSPS) is 21.0. The molecule has 1 aliphatic carbocycles. The number of benzene rings is 1. The molecule has 23 heavy (non-hydrogen) atoms. The Morgan fingerprint density at radius 2 is 1.87 bits per heavy atom. The Bertz CT molecular complexity index is 727. The van der Waals surface area contributed by atoms with Gasteiger partial charge in [-0.15, -0.1) is 5.10 Å². The molecule has 2 aromatic rings. The molecule has 1 atom stereocenters. The van der Waals surface area contributed by atoms with Crippen molar-refractivity contribution in [1.82, 2.24) is 19.9 Å². The number of hydrogen-bond acceptors (Lipinski definition) is 3. The molecule has 4 rings (SSSR count). The van der Waals surface area contributed by atoms with Crippen LogP contribution in [0.15, 0.2) is 24.4 Å². The topological polar surface area (TPSA) is 51.0 Å².